The van der Waals surface area contributed by atoms with Crippen molar-refractivity contribution in [2.24, 2.45) is 5.92 Å². The normalized spacial score (nSPS) is 16.9. The number of amides is 2. The molecule has 1 N–H and O–H groups in total. The number of carbonyl (C=O) groups excluding carboxylic acids is 3. The SMILES string of the molecule is C=C(/C=C\CF)OC(=O)NCC.CC(=O)Oc1ccc(N2CCC(C(=O)N3CC[C@H](c4ccc(Cl)cc4)C3)CC2)nc1. The third-order valence-corrected chi connectivity index (χ3v) is 7.18. The maximum Gasteiger partial charge on any atom is 0.412 e. The summed E-state index contributed by atoms with van der Waals surface area (Å²) < 4.78 is 21.2. The number of hydrogen-bond acceptors (Lipinski definition) is 7. The highest BCUT2D eigenvalue weighted by atomic mass is 35.5. The first-order valence-electron chi connectivity index (χ1n) is 14.0. The number of ether oxygens (including phenoxy) is 2. The Morgan fingerprint density at radius 2 is 1.83 bits per heavy atom. The first-order chi connectivity index (χ1) is 20.2. The predicted octanol–water partition coefficient (Wildman–Crippen LogP) is 5.66. The van der Waals surface area contributed by atoms with Crippen molar-refractivity contribution >= 4 is 35.4 Å². The molecule has 1 aromatic heterocycles. The largest absolute Gasteiger partial charge is 0.425 e. The van der Waals surface area contributed by atoms with Crippen LogP contribution in [0.4, 0.5) is 15.0 Å². The van der Waals surface area contributed by atoms with Crippen molar-refractivity contribution in [1.82, 2.24) is 15.2 Å². The molecular weight excluding hydrogens is 563 g/mol. The Morgan fingerprint density at radius 1 is 1.12 bits per heavy atom. The number of likely N-dealkylation sites (tertiary alicyclic amines) is 1. The highest BCUT2D eigenvalue weighted by Crippen LogP contribution is 2.31. The summed E-state index contributed by atoms with van der Waals surface area (Å²) in [4.78, 5) is 43.4. The fraction of sp³-hybridized carbons (Fsp3) is 0.419. The van der Waals surface area contributed by atoms with Crippen molar-refractivity contribution in [3.05, 3.63) is 77.7 Å². The molecule has 2 aromatic rings. The summed E-state index contributed by atoms with van der Waals surface area (Å²) in [5, 5.41) is 3.15. The molecule has 9 nitrogen and oxygen atoms in total. The smallest absolute Gasteiger partial charge is 0.412 e. The molecule has 2 aliphatic heterocycles. The zero-order chi connectivity index (χ0) is 30.5. The number of alkyl carbamates (subject to hydrolysis) is 1. The zero-order valence-corrected chi connectivity index (χ0v) is 24.8. The van der Waals surface area contributed by atoms with E-state index in [0.717, 1.165) is 56.3 Å². The molecule has 1 atom stereocenters. The molecule has 1 aromatic carbocycles. The van der Waals surface area contributed by atoms with Gasteiger partial charge in [-0.15, -0.1) is 0 Å². The highest BCUT2D eigenvalue weighted by molar-refractivity contribution is 6.30. The van der Waals surface area contributed by atoms with Crippen LogP contribution in [0.1, 0.15) is 44.6 Å². The van der Waals surface area contributed by atoms with E-state index in [1.54, 1.807) is 19.2 Å². The Balaban J connectivity index is 0.000000343. The molecule has 11 heteroatoms. The Kier molecular flexibility index (Phi) is 12.8. The van der Waals surface area contributed by atoms with Crippen LogP contribution < -0.4 is 15.0 Å². The number of allylic oxidation sites excluding steroid dienone is 2. The first-order valence-corrected chi connectivity index (χ1v) is 14.4. The Labute approximate surface area is 251 Å². The van der Waals surface area contributed by atoms with E-state index in [2.05, 4.69) is 38.6 Å². The number of hydrogen-bond donors (Lipinski definition) is 1. The maximum absolute atomic E-state index is 13.0. The number of alkyl halides is 1. The van der Waals surface area contributed by atoms with Crippen molar-refractivity contribution in [3.8, 4) is 5.75 Å². The van der Waals surface area contributed by atoms with Crippen LogP contribution in [0, 0.1) is 5.92 Å². The van der Waals surface area contributed by atoms with Gasteiger partial charge in [-0.05, 0) is 62.1 Å². The molecule has 2 amide bonds. The number of nitrogens with zero attached hydrogens (tertiary/aromatic N) is 3. The summed E-state index contributed by atoms with van der Waals surface area (Å²) in [5.74, 6) is 1.81. The van der Waals surface area contributed by atoms with Gasteiger partial charge in [-0.1, -0.05) is 36.4 Å². The third-order valence-electron chi connectivity index (χ3n) is 6.93. The second-order valence-corrected chi connectivity index (χ2v) is 10.4. The van der Waals surface area contributed by atoms with Gasteiger partial charge in [-0.3, -0.25) is 9.59 Å². The number of nitrogens with one attached hydrogen (secondary N) is 1. The van der Waals surface area contributed by atoms with Crippen LogP contribution in [0.5, 0.6) is 5.75 Å². The molecule has 0 radical (unpaired) electrons. The summed E-state index contributed by atoms with van der Waals surface area (Å²) in [6.45, 7) is 9.61. The van der Waals surface area contributed by atoms with Crippen molar-refractivity contribution in [2.75, 3.05) is 44.3 Å². The minimum absolute atomic E-state index is 0.0746. The predicted molar refractivity (Wildman–Crippen MR) is 160 cm³/mol. The number of piperidine rings is 1. The molecular formula is C31H38ClFN4O5. The second kappa shape index (κ2) is 16.5. The number of carbonyl (C=O) groups is 3. The lowest BCUT2D eigenvalue weighted by Gasteiger charge is -2.34. The van der Waals surface area contributed by atoms with Crippen LogP contribution >= 0.6 is 11.6 Å². The molecule has 0 spiro atoms. The lowest BCUT2D eigenvalue weighted by molar-refractivity contribution is -0.135. The lowest BCUT2D eigenvalue weighted by Crippen LogP contribution is -2.42. The van der Waals surface area contributed by atoms with E-state index in [1.807, 2.05) is 23.1 Å². The van der Waals surface area contributed by atoms with Crippen molar-refractivity contribution in [1.29, 1.82) is 0 Å². The number of aromatic nitrogens is 1. The Morgan fingerprint density at radius 3 is 2.43 bits per heavy atom. The molecule has 0 unspecified atom stereocenters. The molecule has 226 valence electrons. The molecule has 2 aliphatic rings. The minimum atomic E-state index is -0.599. The number of rotatable bonds is 8. The van der Waals surface area contributed by atoms with Gasteiger partial charge in [0.05, 0.1) is 6.20 Å². The van der Waals surface area contributed by atoms with E-state index in [4.69, 9.17) is 16.3 Å². The fourth-order valence-corrected chi connectivity index (χ4v) is 5.00. The molecule has 42 heavy (non-hydrogen) atoms. The second-order valence-electron chi connectivity index (χ2n) is 9.97. The number of pyridine rings is 1. The van der Waals surface area contributed by atoms with E-state index in [-0.39, 0.29) is 23.6 Å². The summed E-state index contributed by atoms with van der Waals surface area (Å²) in [7, 11) is 0. The molecule has 2 saturated heterocycles. The van der Waals surface area contributed by atoms with Crippen molar-refractivity contribution in [3.63, 3.8) is 0 Å². The molecule has 0 saturated carbocycles. The summed E-state index contributed by atoms with van der Waals surface area (Å²) in [6, 6.07) is 11.6. The molecule has 2 fully saturated rings. The Hall–Kier alpha value is -3.92. The maximum atomic E-state index is 13.0. The third kappa shape index (κ3) is 10.2. The van der Waals surface area contributed by atoms with Crippen LogP contribution in [-0.4, -0.2) is 67.3 Å². The summed E-state index contributed by atoms with van der Waals surface area (Å²) in [5.41, 5.74) is 1.26. The van der Waals surface area contributed by atoms with Gasteiger partial charge in [0.25, 0.3) is 0 Å². The summed E-state index contributed by atoms with van der Waals surface area (Å²) in [6.07, 6.45) is 6.16. The lowest BCUT2D eigenvalue weighted by atomic mass is 9.95. The molecule has 3 heterocycles. The number of halogens is 2. The van der Waals surface area contributed by atoms with Crippen LogP contribution in [0.15, 0.2) is 67.1 Å². The quantitative estimate of drug-likeness (QED) is 0.237. The summed E-state index contributed by atoms with van der Waals surface area (Å²) >= 11 is 5.99. The van der Waals surface area contributed by atoms with Crippen LogP contribution in [0.2, 0.25) is 5.02 Å². The van der Waals surface area contributed by atoms with Crippen molar-refractivity contribution < 1.29 is 28.2 Å². The van der Waals surface area contributed by atoms with E-state index in [0.29, 0.717) is 18.2 Å². The average Bonchev–Trinajstić information content (AvgIpc) is 3.47. The van der Waals surface area contributed by atoms with Gasteiger partial charge in [0.1, 0.15) is 24.0 Å². The number of esters is 1. The molecule has 0 bridgehead atoms. The fourth-order valence-electron chi connectivity index (χ4n) is 4.88. The van der Waals surface area contributed by atoms with E-state index >= 15 is 0 Å². The monoisotopic (exact) mass is 600 g/mol. The number of benzene rings is 1. The van der Waals surface area contributed by atoms with E-state index < -0.39 is 12.8 Å². The van der Waals surface area contributed by atoms with Gasteiger partial charge in [0, 0.05) is 56.5 Å². The Bertz CT molecular complexity index is 1230. The highest BCUT2D eigenvalue weighted by Gasteiger charge is 2.33. The zero-order valence-electron chi connectivity index (χ0n) is 24.1. The van der Waals surface area contributed by atoms with Crippen LogP contribution in [0.3, 0.4) is 0 Å². The van der Waals surface area contributed by atoms with E-state index in [9.17, 15) is 18.8 Å². The molecule has 0 aliphatic carbocycles. The van der Waals surface area contributed by atoms with Gasteiger partial charge < -0.3 is 24.6 Å². The van der Waals surface area contributed by atoms with Crippen LogP contribution in [-0.2, 0) is 14.3 Å². The van der Waals surface area contributed by atoms with Gasteiger partial charge in [-0.2, -0.15) is 0 Å². The van der Waals surface area contributed by atoms with Gasteiger partial charge in [-0.25, -0.2) is 14.2 Å². The van der Waals surface area contributed by atoms with E-state index in [1.165, 1.54) is 24.6 Å². The van der Waals surface area contributed by atoms with Gasteiger partial charge in [0.2, 0.25) is 5.91 Å². The topological polar surface area (TPSA) is 101 Å². The minimum Gasteiger partial charge on any atom is -0.425 e. The first kappa shape index (κ1) is 32.6. The number of anilines is 1. The molecule has 4 rings (SSSR count). The van der Waals surface area contributed by atoms with Crippen molar-refractivity contribution in [2.45, 2.75) is 39.0 Å². The standard InChI is InChI=1S/C23H26ClN3O3.C8H12FNO2/c1-16(28)30-21-6-7-22(25-14-21)26-11-8-18(9-12-26)23(29)27-13-10-19(15-27)17-2-4-20(24)5-3-17;1-3-10-8(11)12-7(2)5-4-6-9/h2-7,14,18-19H,8-13,15H2,1H3;4-5H,2-3,6H2,1H3,(H,10,11)/b;5-4-/t19-;/m0./s1. The van der Waals surface area contributed by atoms with Gasteiger partial charge >= 0.3 is 12.1 Å². The average molecular weight is 601 g/mol. The van der Waals surface area contributed by atoms with Gasteiger partial charge in [0.15, 0.2) is 0 Å². The van der Waals surface area contributed by atoms with Crippen LogP contribution in [0.25, 0.3) is 0 Å².